The van der Waals surface area contributed by atoms with E-state index >= 15 is 0 Å². The van der Waals surface area contributed by atoms with Gasteiger partial charge in [-0.15, -0.1) is 0 Å². The van der Waals surface area contributed by atoms with Crippen LogP contribution < -0.4 is 5.46 Å². The van der Waals surface area contributed by atoms with Gasteiger partial charge < -0.3 is 10.0 Å². The van der Waals surface area contributed by atoms with Gasteiger partial charge in [-0.2, -0.15) is 0 Å². The highest BCUT2D eigenvalue weighted by atomic mass is 35.5. The normalized spacial score (nSPS) is 10.7. The van der Waals surface area contributed by atoms with Gasteiger partial charge in [-0.1, -0.05) is 127 Å². The molecule has 0 saturated carbocycles. The Hall–Kier alpha value is -4.63. The van der Waals surface area contributed by atoms with Crippen LogP contribution in [0.3, 0.4) is 0 Å². The largest absolute Gasteiger partial charge is 0.489 e. The van der Waals surface area contributed by atoms with Crippen molar-refractivity contribution in [2.24, 2.45) is 0 Å². The first-order valence-corrected chi connectivity index (χ1v) is 15.3. The average molecular weight is 662 g/mol. The zero-order valence-electron chi connectivity index (χ0n) is 24.1. The quantitative estimate of drug-likeness (QED) is 0.110. The molecule has 2 N–H and O–H groups in total. The highest BCUT2D eigenvalue weighted by Crippen LogP contribution is 2.32. The first-order chi connectivity index (χ1) is 22.4. The third kappa shape index (κ3) is 6.94. The maximum atomic E-state index is 9.08. The van der Waals surface area contributed by atoms with Crippen LogP contribution in [0.1, 0.15) is 0 Å². The number of hydrogen-bond donors (Lipinski definition) is 2. The molecule has 0 amide bonds. The fraction of sp³-hybridized carbons (Fsp3) is 0. The van der Waals surface area contributed by atoms with Gasteiger partial charge >= 0.3 is 7.12 Å². The summed E-state index contributed by atoms with van der Waals surface area (Å²) in [6.07, 6.45) is 0. The van der Waals surface area contributed by atoms with Crippen molar-refractivity contribution in [1.29, 1.82) is 0 Å². The number of fused-ring (bicyclic) bond motifs is 4. The monoisotopic (exact) mass is 660 g/mol. The molecule has 0 bridgehead atoms. The lowest BCUT2D eigenvalue weighted by molar-refractivity contribution is 0.426. The van der Waals surface area contributed by atoms with Crippen molar-refractivity contribution in [1.82, 2.24) is 19.9 Å². The second-order valence-electron chi connectivity index (χ2n) is 10.1. The molecule has 0 unspecified atom stereocenters. The predicted molar refractivity (Wildman–Crippen MR) is 191 cm³/mol. The van der Waals surface area contributed by atoms with Crippen molar-refractivity contribution in [2.45, 2.75) is 0 Å². The van der Waals surface area contributed by atoms with Gasteiger partial charge in [0.05, 0.1) is 16.7 Å². The SMILES string of the molecule is Clc1nc(-c2cccc3ccccc23)c2ccccc2n1.Clc1nc(Cl)c2ccccc2n1.OB(O)c1cccc2ccccc12. The van der Waals surface area contributed by atoms with Gasteiger partial charge in [0.25, 0.3) is 0 Å². The van der Waals surface area contributed by atoms with E-state index in [4.69, 9.17) is 44.9 Å². The van der Waals surface area contributed by atoms with Crippen LogP contribution in [0.25, 0.3) is 54.6 Å². The number of nitrogens with zero attached hydrogens (tertiary/aromatic N) is 4. The molecule has 0 aliphatic heterocycles. The third-order valence-corrected chi connectivity index (χ3v) is 7.88. The molecule has 0 radical (unpaired) electrons. The summed E-state index contributed by atoms with van der Waals surface area (Å²) in [4.78, 5) is 16.6. The van der Waals surface area contributed by atoms with Crippen molar-refractivity contribution >= 4 is 90.7 Å². The summed E-state index contributed by atoms with van der Waals surface area (Å²) in [7, 11) is -1.40. The molecule has 10 heteroatoms. The molecule has 6 aromatic carbocycles. The second kappa shape index (κ2) is 14.2. The Morgan fingerprint density at radius 1 is 0.435 bits per heavy atom. The minimum Gasteiger partial charge on any atom is -0.423 e. The fourth-order valence-corrected chi connectivity index (χ4v) is 5.81. The molecule has 8 rings (SSSR count). The number of hydrogen-bond acceptors (Lipinski definition) is 6. The number of halogens is 3. The summed E-state index contributed by atoms with van der Waals surface area (Å²) in [6, 6.07) is 43.0. The lowest BCUT2D eigenvalue weighted by atomic mass is 9.77. The topological polar surface area (TPSA) is 92.0 Å². The Labute approximate surface area is 280 Å². The maximum absolute atomic E-state index is 9.08. The minimum absolute atomic E-state index is 0.179. The molecular formula is C36H24BCl3N4O2. The Balaban J connectivity index is 0.000000129. The summed E-state index contributed by atoms with van der Waals surface area (Å²) >= 11 is 17.5. The number of para-hydroxylation sites is 2. The first kappa shape index (κ1) is 31.4. The van der Waals surface area contributed by atoms with Crippen molar-refractivity contribution in [2.75, 3.05) is 0 Å². The lowest BCUT2D eigenvalue weighted by Crippen LogP contribution is -2.30. The molecule has 2 aromatic heterocycles. The molecule has 46 heavy (non-hydrogen) atoms. The van der Waals surface area contributed by atoms with Crippen LogP contribution in [0.15, 0.2) is 133 Å². The highest BCUT2D eigenvalue weighted by Gasteiger charge is 2.13. The van der Waals surface area contributed by atoms with E-state index in [-0.39, 0.29) is 10.6 Å². The van der Waals surface area contributed by atoms with Crippen LogP contribution in [-0.2, 0) is 0 Å². The number of benzene rings is 6. The van der Waals surface area contributed by atoms with Crippen molar-refractivity contribution < 1.29 is 10.0 Å². The Morgan fingerprint density at radius 3 is 1.59 bits per heavy atom. The van der Waals surface area contributed by atoms with Gasteiger partial charge in [0, 0.05) is 16.3 Å². The van der Waals surface area contributed by atoms with Gasteiger partial charge in [-0.3, -0.25) is 0 Å². The smallest absolute Gasteiger partial charge is 0.423 e. The summed E-state index contributed by atoms with van der Waals surface area (Å²) < 4.78 is 0. The van der Waals surface area contributed by atoms with Crippen LogP contribution in [0.5, 0.6) is 0 Å². The molecule has 0 spiro atoms. The molecule has 0 aliphatic carbocycles. The molecule has 0 fully saturated rings. The number of aromatic nitrogens is 4. The van der Waals surface area contributed by atoms with E-state index in [0.717, 1.165) is 43.8 Å². The zero-order valence-corrected chi connectivity index (χ0v) is 26.4. The molecule has 8 aromatic rings. The summed E-state index contributed by atoms with van der Waals surface area (Å²) in [5, 5.41) is 25.1. The Morgan fingerprint density at radius 2 is 0.913 bits per heavy atom. The minimum atomic E-state index is -1.40. The van der Waals surface area contributed by atoms with E-state index in [9.17, 15) is 0 Å². The van der Waals surface area contributed by atoms with Gasteiger partial charge in [0.1, 0.15) is 5.15 Å². The number of rotatable bonds is 2. The van der Waals surface area contributed by atoms with Crippen LogP contribution in [0.4, 0.5) is 0 Å². The molecule has 0 atom stereocenters. The van der Waals surface area contributed by atoms with Gasteiger partial charge in [-0.05, 0) is 68.4 Å². The van der Waals surface area contributed by atoms with Crippen molar-refractivity contribution in [3.05, 3.63) is 149 Å². The Bertz CT molecular complexity index is 2310. The Kier molecular flexibility index (Phi) is 9.69. The van der Waals surface area contributed by atoms with Crippen LogP contribution in [0, 0.1) is 0 Å². The fourth-order valence-electron chi connectivity index (χ4n) is 5.17. The average Bonchev–Trinajstić information content (AvgIpc) is 3.08. The van der Waals surface area contributed by atoms with E-state index in [0.29, 0.717) is 10.6 Å². The van der Waals surface area contributed by atoms with E-state index in [1.54, 1.807) is 6.07 Å². The highest BCUT2D eigenvalue weighted by molar-refractivity contribution is 6.61. The van der Waals surface area contributed by atoms with E-state index in [1.807, 2.05) is 103 Å². The lowest BCUT2D eigenvalue weighted by Gasteiger charge is -2.09. The van der Waals surface area contributed by atoms with Crippen molar-refractivity contribution in [3.8, 4) is 11.3 Å². The summed E-state index contributed by atoms with van der Waals surface area (Å²) in [6.45, 7) is 0. The van der Waals surface area contributed by atoms with Crippen molar-refractivity contribution in [3.63, 3.8) is 0 Å². The van der Waals surface area contributed by atoms with E-state index in [1.165, 1.54) is 10.8 Å². The van der Waals surface area contributed by atoms with Gasteiger partial charge in [-0.25, -0.2) is 19.9 Å². The van der Waals surface area contributed by atoms with Crippen LogP contribution >= 0.6 is 34.8 Å². The molecular weight excluding hydrogens is 638 g/mol. The van der Waals surface area contributed by atoms with E-state index < -0.39 is 7.12 Å². The molecule has 0 saturated heterocycles. The van der Waals surface area contributed by atoms with Gasteiger partial charge in [0.15, 0.2) is 0 Å². The van der Waals surface area contributed by atoms with Gasteiger partial charge in [0.2, 0.25) is 10.6 Å². The summed E-state index contributed by atoms with van der Waals surface area (Å²) in [5.74, 6) is 0. The molecule has 6 nitrogen and oxygen atoms in total. The van der Waals surface area contributed by atoms with E-state index in [2.05, 4.69) is 44.2 Å². The molecule has 224 valence electrons. The summed E-state index contributed by atoms with van der Waals surface area (Å²) in [5.41, 5.74) is 4.14. The first-order valence-electron chi connectivity index (χ1n) is 14.2. The standard InChI is InChI=1S/C18H11ClN2.C10H9BO2.C8H4Cl2N2/c19-18-20-16-11-4-3-9-15(16)17(21-18)14-10-5-7-12-6-1-2-8-13(12)14;12-11(13)10-7-3-5-8-4-1-2-6-9(8)10;9-7-5-3-1-2-4-6(5)11-8(10)12-7/h1-11H;1-7,12-13H;1-4H. The zero-order chi connectivity index (χ0) is 32.0. The maximum Gasteiger partial charge on any atom is 0.489 e. The van der Waals surface area contributed by atoms with Crippen LogP contribution in [-0.4, -0.2) is 37.1 Å². The van der Waals surface area contributed by atoms with Crippen LogP contribution in [0.2, 0.25) is 15.7 Å². The predicted octanol–water partition coefficient (Wildman–Crippen LogP) is 8.56. The molecule has 2 heterocycles. The molecule has 0 aliphatic rings. The second-order valence-corrected chi connectivity index (χ2v) is 11.2. The third-order valence-electron chi connectivity index (χ3n) is 7.25.